The number of amides is 1. The van der Waals surface area contributed by atoms with Crippen LogP contribution < -0.4 is 16.0 Å². The number of carbonyl (C=O) groups is 1. The number of benzene rings is 1. The van der Waals surface area contributed by atoms with Crippen LogP contribution in [0.2, 0.25) is 0 Å². The number of guanidine groups is 1. The summed E-state index contributed by atoms with van der Waals surface area (Å²) in [6.07, 6.45) is 3.66. The molecule has 0 aliphatic rings. The van der Waals surface area contributed by atoms with E-state index >= 15 is 0 Å². The maximum atomic E-state index is 11.8. The van der Waals surface area contributed by atoms with Gasteiger partial charge in [0.05, 0.1) is 12.2 Å². The van der Waals surface area contributed by atoms with Crippen molar-refractivity contribution in [2.75, 3.05) is 13.6 Å². The van der Waals surface area contributed by atoms with Gasteiger partial charge in [-0.1, -0.05) is 12.1 Å². The monoisotopic (exact) mass is 470 g/mol. The van der Waals surface area contributed by atoms with Gasteiger partial charge < -0.3 is 16.0 Å². The molecule has 0 unspecified atom stereocenters. The third-order valence-corrected chi connectivity index (χ3v) is 3.32. The van der Waals surface area contributed by atoms with E-state index in [-0.39, 0.29) is 42.0 Å². The molecule has 7 nitrogen and oxygen atoms in total. The number of aliphatic imine (C=N–C) groups is 1. The molecule has 142 valence electrons. The van der Waals surface area contributed by atoms with E-state index in [0.29, 0.717) is 12.5 Å². The van der Waals surface area contributed by atoms with E-state index in [1.54, 1.807) is 13.2 Å². The first-order valence-corrected chi connectivity index (χ1v) is 8.22. The summed E-state index contributed by atoms with van der Waals surface area (Å²) in [6, 6.07) is 9.97. The fourth-order valence-electron chi connectivity index (χ4n) is 2.22. The zero-order valence-electron chi connectivity index (χ0n) is 15.6. The van der Waals surface area contributed by atoms with Crippen LogP contribution in [0.4, 0.5) is 0 Å². The predicted molar refractivity (Wildman–Crippen MR) is 115 cm³/mol. The van der Waals surface area contributed by atoms with E-state index in [2.05, 4.69) is 26.0 Å². The van der Waals surface area contributed by atoms with Crippen molar-refractivity contribution in [1.29, 1.82) is 0 Å². The molecule has 0 radical (unpaired) electrons. The Labute approximate surface area is 171 Å². The molecule has 26 heavy (non-hydrogen) atoms. The van der Waals surface area contributed by atoms with Crippen molar-refractivity contribution >= 4 is 35.8 Å². The van der Waals surface area contributed by atoms with Crippen LogP contribution in [0.5, 0.6) is 0 Å². The summed E-state index contributed by atoms with van der Waals surface area (Å²) >= 11 is 0. The van der Waals surface area contributed by atoms with Crippen LogP contribution in [0.1, 0.15) is 26.3 Å². The summed E-state index contributed by atoms with van der Waals surface area (Å²) in [5.74, 6) is 0.513. The SMILES string of the molecule is CN=C(NCC(=O)NC(C)(C)C)NCc1ccc(-n2cccn2)cc1.I. The number of hydrogen-bond donors (Lipinski definition) is 3. The smallest absolute Gasteiger partial charge is 0.239 e. The van der Waals surface area contributed by atoms with Crippen molar-refractivity contribution < 1.29 is 4.79 Å². The van der Waals surface area contributed by atoms with Crippen LogP contribution in [-0.4, -0.2) is 40.8 Å². The molecule has 1 aromatic carbocycles. The zero-order chi connectivity index (χ0) is 18.3. The van der Waals surface area contributed by atoms with Gasteiger partial charge in [-0.05, 0) is 44.5 Å². The predicted octanol–water partition coefficient (Wildman–Crippen LogP) is 2.07. The second-order valence-electron chi connectivity index (χ2n) is 6.69. The Hall–Kier alpha value is -2.10. The fraction of sp³-hybridized carbons (Fsp3) is 0.389. The van der Waals surface area contributed by atoms with Crippen molar-refractivity contribution in [2.45, 2.75) is 32.9 Å². The maximum Gasteiger partial charge on any atom is 0.239 e. The van der Waals surface area contributed by atoms with Gasteiger partial charge in [0, 0.05) is 31.5 Å². The molecule has 8 heteroatoms. The molecule has 0 aliphatic carbocycles. The molecule has 0 saturated carbocycles. The number of rotatable bonds is 5. The molecule has 0 bridgehead atoms. The van der Waals surface area contributed by atoms with Crippen LogP contribution in [0.15, 0.2) is 47.7 Å². The summed E-state index contributed by atoms with van der Waals surface area (Å²) in [5, 5.41) is 13.3. The third kappa shape index (κ3) is 7.42. The lowest BCUT2D eigenvalue weighted by atomic mass is 10.1. The van der Waals surface area contributed by atoms with Crippen molar-refractivity contribution in [1.82, 2.24) is 25.7 Å². The third-order valence-electron chi connectivity index (χ3n) is 3.32. The summed E-state index contributed by atoms with van der Waals surface area (Å²) in [6.45, 7) is 6.63. The fourth-order valence-corrected chi connectivity index (χ4v) is 2.22. The minimum Gasteiger partial charge on any atom is -0.352 e. The molecule has 0 fully saturated rings. The molecule has 1 aromatic heterocycles. The number of hydrogen-bond acceptors (Lipinski definition) is 3. The highest BCUT2D eigenvalue weighted by molar-refractivity contribution is 14.0. The average Bonchev–Trinajstić information content (AvgIpc) is 3.08. The lowest BCUT2D eigenvalue weighted by molar-refractivity contribution is -0.121. The van der Waals surface area contributed by atoms with Gasteiger partial charge in [-0.25, -0.2) is 4.68 Å². The van der Waals surface area contributed by atoms with Crippen molar-refractivity contribution in [3.63, 3.8) is 0 Å². The Morgan fingerprint density at radius 3 is 2.42 bits per heavy atom. The quantitative estimate of drug-likeness (QED) is 0.355. The van der Waals surface area contributed by atoms with E-state index in [0.717, 1.165) is 11.3 Å². The molecule has 0 atom stereocenters. The number of halogens is 1. The first kappa shape index (κ1) is 21.9. The van der Waals surface area contributed by atoms with Crippen molar-refractivity contribution in [3.8, 4) is 5.69 Å². The Morgan fingerprint density at radius 2 is 1.88 bits per heavy atom. The van der Waals surface area contributed by atoms with E-state index in [1.165, 1.54) is 0 Å². The topological polar surface area (TPSA) is 83.3 Å². The van der Waals surface area contributed by atoms with Gasteiger partial charge in [0.25, 0.3) is 0 Å². The Kier molecular flexibility index (Phi) is 8.56. The summed E-state index contributed by atoms with van der Waals surface area (Å²) < 4.78 is 1.81. The Bertz CT molecular complexity index is 704. The van der Waals surface area contributed by atoms with Gasteiger partial charge in [0.15, 0.2) is 5.96 Å². The average molecular weight is 470 g/mol. The Balaban J connectivity index is 0.00000338. The van der Waals surface area contributed by atoms with Crippen LogP contribution in [0.25, 0.3) is 5.69 Å². The van der Waals surface area contributed by atoms with E-state index in [1.807, 2.05) is 62.0 Å². The molecule has 1 heterocycles. The van der Waals surface area contributed by atoms with E-state index in [9.17, 15) is 4.79 Å². The number of nitrogens with one attached hydrogen (secondary N) is 3. The standard InChI is InChI=1S/C18H26N6O.HI/c1-18(2,3)23-16(25)13-21-17(19-4)20-12-14-6-8-15(9-7-14)24-11-5-10-22-24;/h5-11H,12-13H2,1-4H3,(H,23,25)(H2,19,20,21);1H. The van der Waals surface area contributed by atoms with Gasteiger partial charge in [-0.15, -0.1) is 24.0 Å². The molecule has 3 N–H and O–H groups in total. The highest BCUT2D eigenvalue weighted by Gasteiger charge is 2.13. The molecule has 2 rings (SSSR count). The lowest BCUT2D eigenvalue weighted by Gasteiger charge is -2.21. The highest BCUT2D eigenvalue weighted by atomic mass is 127. The van der Waals surface area contributed by atoms with E-state index in [4.69, 9.17) is 0 Å². The molecule has 2 aromatic rings. The minimum atomic E-state index is -0.244. The summed E-state index contributed by atoms with van der Waals surface area (Å²) in [7, 11) is 1.68. The largest absolute Gasteiger partial charge is 0.352 e. The lowest BCUT2D eigenvalue weighted by Crippen LogP contribution is -2.48. The van der Waals surface area contributed by atoms with E-state index < -0.39 is 0 Å². The molecule has 0 spiro atoms. The summed E-state index contributed by atoms with van der Waals surface area (Å²) in [5.41, 5.74) is 1.87. The zero-order valence-corrected chi connectivity index (χ0v) is 17.9. The van der Waals surface area contributed by atoms with Crippen molar-refractivity contribution in [3.05, 3.63) is 48.3 Å². The molecular formula is C18H27IN6O. The number of carbonyl (C=O) groups excluding carboxylic acids is 1. The van der Waals surface area contributed by atoms with Crippen LogP contribution >= 0.6 is 24.0 Å². The number of aromatic nitrogens is 2. The summed E-state index contributed by atoms with van der Waals surface area (Å²) in [4.78, 5) is 16.0. The molecule has 0 saturated heterocycles. The van der Waals surface area contributed by atoms with Gasteiger partial charge in [0.1, 0.15) is 0 Å². The second-order valence-corrected chi connectivity index (χ2v) is 6.69. The first-order valence-electron chi connectivity index (χ1n) is 8.22. The van der Waals surface area contributed by atoms with Crippen LogP contribution in [0.3, 0.4) is 0 Å². The van der Waals surface area contributed by atoms with Gasteiger partial charge in [0.2, 0.25) is 5.91 Å². The van der Waals surface area contributed by atoms with Gasteiger partial charge >= 0.3 is 0 Å². The van der Waals surface area contributed by atoms with Crippen LogP contribution in [0, 0.1) is 0 Å². The minimum absolute atomic E-state index is 0. The van der Waals surface area contributed by atoms with Crippen molar-refractivity contribution in [2.24, 2.45) is 4.99 Å². The second kappa shape index (κ2) is 10.1. The highest BCUT2D eigenvalue weighted by Crippen LogP contribution is 2.08. The molecular weight excluding hydrogens is 443 g/mol. The van der Waals surface area contributed by atoms with Crippen LogP contribution in [-0.2, 0) is 11.3 Å². The normalized spacial score (nSPS) is 11.5. The van der Waals surface area contributed by atoms with Gasteiger partial charge in [-0.2, -0.15) is 5.10 Å². The molecule has 1 amide bonds. The first-order chi connectivity index (χ1) is 11.9. The number of nitrogens with zero attached hydrogens (tertiary/aromatic N) is 3. The maximum absolute atomic E-state index is 11.8. The Morgan fingerprint density at radius 1 is 1.19 bits per heavy atom. The molecule has 0 aliphatic heterocycles. The van der Waals surface area contributed by atoms with Gasteiger partial charge in [-0.3, -0.25) is 9.79 Å².